The molecule has 2 N–H and O–H groups in total. The molecule has 0 amide bonds. The molecule has 1 aromatic heterocycles. The van der Waals surface area contributed by atoms with Gasteiger partial charge in [-0.25, -0.2) is 0 Å². The molecule has 0 saturated heterocycles. The standard InChI is InChI=1S/C20H23ClN4S.CH4O/c1-6-7-18(10-22-4)24-19-9-16(13-26-19)20(15(3)23-5)25-11-14(2)8-17(21)12-25;1-2/h6-11,13,24H,4-5,12H2,1-3H3;2H,1H3/b7-6-,18-10+,20-15-;. The minimum Gasteiger partial charge on any atom is -0.400 e. The van der Waals surface area contributed by atoms with Crippen molar-refractivity contribution in [2.75, 3.05) is 19.0 Å². The number of thiophene rings is 1. The van der Waals surface area contributed by atoms with Gasteiger partial charge in [-0.3, -0.25) is 9.98 Å². The fourth-order valence-corrected chi connectivity index (χ4v) is 3.75. The Morgan fingerprint density at radius 2 is 2.11 bits per heavy atom. The topological polar surface area (TPSA) is 60.2 Å². The van der Waals surface area contributed by atoms with Crippen LogP contribution in [0.25, 0.3) is 5.70 Å². The lowest BCUT2D eigenvalue weighted by atomic mass is 10.1. The van der Waals surface area contributed by atoms with Gasteiger partial charge < -0.3 is 15.3 Å². The summed E-state index contributed by atoms with van der Waals surface area (Å²) in [6, 6.07) is 2.09. The van der Waals surface area contributed by atoms with Gasteiger partial charge in [-0.1, -0.05) is 17.7 Å². The lowest BCUT2D eigenvalue weighted by Crippen LogP contribution is -2.21. The quantitative estimate of drug-likeness (QED) is 0.446. The molecule has 1 aromatic rings. The third-order valence-electron chi connectivity index (χ3n) is 3.65. The Labute approximate surface area is 176 Å². The monoisotopic (exact) mass is 418 g/mol. The van der Waals surface area contributed by atoms with E-state index in [1.165, 1.54) is 0 Å². The Bertz CT molecular complexity index is 846. The summed E-state index contributed by atoms with van der Waals surface area (Å²) in [5, 5.41) is 14.2. The highest BCUT2D eigenvalue weighted by Crippen LogP contribution is 2.34. The van der Waals surface area contributed by atoms with Crippen molar-refractivity contribution >= 4 is 47.1 Å². The minimum atomic E-state index is 0.615. The minimum absolute atomic E-state index is 0.615. The van der Waals surface area contributed by atoms with E-state index in [1.54, 1.807) is 17.5 Å². The van der Waals surface area contributed by atoms with Crippen LogP contribution < -0.4 is 5.32 Å². The number of aliphatic hydroxyl groups excluding tert-OH is 1. The number of halogens is 1. The number of nitrogens with one attached hydrogen (secondary N) is 1. The molecule has 0 saturated carbocycles. The van der Waals surface area contributed by atoms with Gasteiger partial charge in [0.1, 0.15) is 0 Å². The average molecular weight is 419 g/mol. The van der Waals surface area contributed by atoms with Gasteiger partial charge in [0.25, 0.3) is 0 Å². The van der Waals surface area contributed by atoms with E-state index < -0.39 is 0 Å². The molecule has 0 radical (unpaired) electrons. The molecule has 7 heteroatoms. The van der Waals surface area contributed by atoms with Gasteiger partial charge in [0, 0.05) is 35.5 Å². The first kappa shape index (κ1) is 23.6. The smallest absolute Gasteiger partial charge is 0.0934 e. The second kappa shape index (κ2) is 12.1. The Hall–Kier alpha value is -2.41. The number of anilines is 1. The summed E-state index contributed by atoms with van der Waals surface area (Å²) in [6.07, 6.45) is 9.64. The molecule has 0 atom stereocenters. The molecule has 1 aliphatic rings. The Kier molecular flexibility index (Phi) is 10.2. The second-order valence-corrected chi connectivity index (χ2v) is 7.17. The molecule has 5 nitrogen and oxygen atoms in total. The van der Waals surface area contributed by atoms with Crippen LogP contribution >= 0.6 is 22.9 Å². The summed E-state index contributed by atoms with van der Waals surface area (Å²) < 4.78 is 0. The third-order valence-corrected chi connectivity index (χ3v) is 4.72. The molecule has 150 valence electrons. The highest BCUT2D eigenvalue weighted by Gasteiger charge is 2.18. The van der Waals surface area contributed by atoms with E-state index in [2.05, 4.69) is 51.3 Å². The molecule has 28 heavy (non-hydrogen) atoms. The van der Waals surface area contributed by atoms with Crippen molar-refractivity contribution in [2.45, 2.75) is 20.8 Å². The first-order valence-corrected chi connectivity index (χ1v) is 9.82. The molecule has 2 heterocycles. The predicted octanol–water partition coefficient (Wildman–Crippen LogP) is 5.62. The van der Waals surface area contributed by atoms with Crippen LogP contribution in [0.2, 0.25) is 0 Å². The van der Waals surface area contributed by atoms with Crippen molar-refractivity contribution in [3.8, 4) is 0 Å². The number of aliphatic hydroxyl groups is 1. The molecule has 1 aliphatic heterocycles. The van der Waals surface area contributed by atoms with Crippen LogP contribution in [-0.2, 0) is 0 Å². The van der Waals surface area contributed by atoms with Crippen molar-refractivity contribution < 1.29 is 5.11 Å². The summed E-state index contributed by atoms with van der Waals surface area (Å²) in [5.41, 5.74) is 4.87. The highest BCUT2D eigenvalue weighted by molar-refractivity contribution is 7.14. The fraction of sp³-hybridized carbons (Fsp3) is 0.238. The van der Waals surface area contributed by atoms with Crippen molar-refractivity contribution in [2.24, 2.45) is 9.98 Å². The zero-order chi connectivity index (χ0) is 21.1. The number of rotatable bonds is 7. The third kappa shape index (κ3) is 6.64. The van der Waals surface area contributed by atoms with Gasteiger partial charge in [0.15, 0.2) is 0 Å². The first-order valence-electron chi connectivity index (χ1n) is 8.56. The number of hydrogen-bond donors (Lipinski definition) is 2. The fourth-order valence-electron chi connectivity index (χ4n) is 2.65. The second-order valence-electron chi connectivity index (χ2n) is 5.78. The van der Waals surface area contributed by atoms with E-state index in [1.807, 2.05) is 39.0 Å². The zero-order valence-electron chi connectivity index (χ0n) is 16.7. The lowest BCUT2D eigenvalue weighted by molar-refractivity contribution is 0.399. The molecule has 0 unspecified atom stereocenters. The number of hydrogen-bond acceptors (Lipinski definition) is 6. The number of aliphatic imine (C=N–C) groups is 2. The van der Waals surface area contributed by atoms with Crippen molar-refractivity contribution in [3.05, 3.63) is 69.6 Å². The van der Waals surface area contributed by atoms with E-state index in [0.29, 0.717) is 6.54 Å². The highest BCUT2D eigenvalue weighted by atomic mass is 35.5. The molecule has 2 rings (SSSR count). The van der Waals surface area contributed by atoms with Gasteiger partial charge in [-0.15, -0.1) is 11.3 Å². The average Bonchev–Trinajstić information content (AvgIpc) is 3.11. The largest absolute Gasteiger partial charge is 0.400 e. The van der Waals surface area contributed by atoms with Crippen LogP contribution in [-0.4, -0.2) is 37.1 Å². The summed E-state index contributed by atoms with van der Waals surface area (Å²) in [7, 11) is 1.00. The number of nitrogens with zero attached hydrogens (tertiary/aromatic N) is 3. The van der Waals surface area contributed by atoms with E-state index in [9.17, 15) is 0 Å². The maximum Gasteiger partial charge on any atom is 0.0934 e. The Morgan fingerprint density at radius 1 is 1.39 bits per heavy atom. The van der Waals surface area contributed by atoms with Crippen molar-refractivity contribution in [3.63, 3.8) is 0 Å². The van der Waals surface area contributed by atoms with Crippen LogP contribution in [0.5, 0.6) is 0 Å². The van der Waals surface area contributed by atoms with Crippen LogP contribution in [0.15, 0.2) is 74.1 Å². The zero-order valence-corrected chi connectivity index (χ0v) is 18.3. The Morgan fingerprint density at radius 3 is 2.68 bits per heavy atom. The van der Waals surface area contributed by atoms with Crippen molar-refractivity contribution in [1.82, 2.24) is 4.90 Å². The molecule has 0 aromatic carbocycles. The normalized spacial score (nSPS) is 15.2. The molecule has 0 aliphatic carbocycles. The molecule has 0 bridgehead atoms. The number of allylic oxidation sites excluding steroid dienone is 5. The van der Waals surface area contributed by atoms with E-state index in [-0.39, 0.29) is 0 Å². The van der Waals surface area contributed by atoms with E-state index in [4.69, 9.17) is 16.7 Å². The predicted molar refractivity (Wildman–Crippen MR) is 125 cm³/mol. The summed E-state index contributed by atoms with van der Waals surface area (Å²) >= 11 is 7.91. The van der Waals surface area contributed by atoms with Gasteiger partial charge in [0.2, 0.25) is 0 Å². The van der Waals surface area contributed by atoms with Crippen molar-refractivity contribution in [1.29, 1.82) is 0 Å². The molecule has 0 fully saturated rings. The van der Waals surface area contributed by atoms with Gasteiger partial charge in [-0.05, 0) is 58.0 Å². The summed E-state index contributed by atoms with van der Waals surface area (Å²) in [5.74, 6) is 0. The van der Waals surface area contributed by atoms with Gasteiger partial charge >= 0.3 is 0 Å². The van der Waals surface area contributed by atoms with Gasteiger partial charge in [0.05, 0.1) is 28.6 Å². The Balaban J connectivity index is 0.00000190. The van der Waals surface area contributed by atoms with Crippen LogP contribution in [0, 0.1) is 0 Å². The van der Waals surface area contributed by atoms with Crippen LogP contribution in [0.4, 0.5) is 5.00 Å². The van der Waals surface area contributed by atoms with Crippen LogP contribution in [0.3, 0.4) is 0 Å². The van der Waals surface area contributed by atoms with Gasteiger partial charge in [-0.2, -0.15) is 0 Å². The summed E-state index contributed by atoms with van der Waals surface area (Å²) in [4.78, 5) is 10.1. The first-order chi connectivity index (χ1) is 13.5. The maximum atomic E-state index is 7.00. The van der Waals surface area contributed by atoms with Crippen LogP contribution in [0.1, 0.15) is 26.3 Å². The van der Waals surface area contributed by atoms with E-state index in [0.717, 1.165) is 45.4 Å². The molecular weight excluding hydrogens is 392 g/mol. The van der Waals surface area contributed by atoms with E-state index >= 15 is 0 Å². The molecule has 0 spiro atoms. The molecular formula is C21H27ClN4OS. The summed E-state index contributed by atoms with van der Waals surface area (Å²) in [6.45, 7) is 13.8. The maximum absolute atomic E-state index is 7.00. The lowest BCUT2D eigenvalue weighted by Gasteiger charge is -2.27. The SMILES string of the molecule is C=N/C=C(\C=C/C)Nc1cc(/C(=C(\C)N=C)N2C=C(C)C=C(Cl)C2)cs1.CO.